The van der Waals surface area contributed by atoms with Gasteiger partial charge in [-0.2, -0.15) is 0 Å². The second-order valence-corrected chi connectivity index (χ2v) is 5.24. The van der Waals surface area contributed by atoms with Crippen LogP contribution in [-0.2, 0) is 0 Å². The molecule has 2 aromatic carbocycles. The minimum absolute atomic E-state index is 0.227. The standard InChI is InChI=1S/C14H12F2INO/c15-10-3-1-2-9(6-10)14(19)8-18-13-5-4-11(16)7-12(13)17/h1-7,14,18-19H,8H2. The molecule has 100 valence electrons. The van der Waals surface area contributed by atoms with Crippen molar-refractivity contribution in [2.24, 2.45) is 0 Å². The van der Waals surface area contributed by atoms with Gasteiger partial charge in [-0.15, -0.1) is 0 Å². The lowest BCUT2D eigenvalue weighted by molar-refractivity contribution is 0.191. The van der Waals surface area contributed by atoms with Gasteiger partial charge in [-0.1, -0.05) is 12.1 Å². The van der Waals surface area contributed by atoms with Crippen LogP contribution in [0.5, 0.6) is 0 Å². The number of nitrogens with one attached hydrogen (secondary N) is 1. The molecule has 2 aromatic rings. The van der Waals surface area contributed by atoms with E-state index in [9.17, 15) is 13.9 Å². The molecule has 2 N–H and O–H groups in total. The highest BCUT2D eigenvalue weighted by molar-refractivity contribution is 14.1. The Morgan fingerprint density at radius 1 is 1.11 bits per heavy atom. The van der Waals surface area contributed by atoms with Crippen molar-refractivity contribution in [3.63, 3.8) is 0 Å². The maximum absolute atomic E-state index is 13.0. The van der Waals surface area contributed by atoms with Gasteiger partial charge >= 0.3 is 0 Å². The Kier molecular flexibility index (Phi) is 4.71. The van der Waals surface area contributed by atoms with Crippen LogP contribution in [0.4, 0.5) is 14.5 Å². The Hall–Kier alpha value is -1.21. The van der Waals surface area contributed by atoms with E-state index in [2.05, 4.69) is 5.32 Å². The number of benzene rings is 2. The third-order valence-electron chi connectivity index (χ3n) is 2.65. The normalized spacial score (nSPS) is 12.2. The molecule has 0 aromatic heterocycles. The average Bonchev–Trinajstić information content (AvgIpc) is 2.37. The molecule has 0 radical (unpaired) electrons. The van der Waals surface area contributed by atoms with Gasteiger partial charge in [0, 0.05) is 15.8 Å². The van der Waals surface area contributed by atoms with E-state index in [4.69, 9.17) is 0 Å². The molecule has 0 saturated carbocycles. The lowest BCUT2D eigenvalue weighted by Crippen LogP contribution is -2.13. The van der Waals surface area contributed by atoms with E-state index in [0.717, 1.165) is 9.26 Å². The highest BCUT2D eigenvalue weighted by Crippen LogP contribution is 2.21. The Morgan fingerprint density at radius 2 is 1.84 bits per heavy atom. The van der Waals surface area contributed by atoms with Crippen LogP contribution < -0.4 is 5.32 Å². The van der Waals surface area contributed by atoms with Crippen LogP contribution in [0.25, 0.3) is 0 Å². The first-order valence-corrected chi connectivity index (χ1v) is 6.76. The number of anilines is 1. The zero-order chi connectivity index (χ0) is 13.8. The van der Waals surface area contributed by atoms with Gasteiger partial charge in [0.1, 0.15) is 11.6 Å². The molecule has 0 aliphatic carbocycles. The third-order valence-corrected chi connectivity index (χ3v) is 3.54. The highest BCUT2D eigenvalue weighted by atomic mass is 127. The van der Waals surface area contributed by atoms with Crippen LogP contribution >= 0.6 is 22.6 Å². The molecule has 0 aliphatic rings. The van der Waals surface area contributed by atoms with Gasteiger partial charge in [-0.3, -0.25) is 0 Å². The van der Waals surface area contributed by atoms with Crippen molar-refractivity contribution in [2.75, 3.05) is 11.9 Å². The van der Waals surface area contributed by atoms with Crippen molar-refractivity contribution < 1.29 is 13.9 Å². The molecule has 2 rings (SSSR count). The molecule has 0 fully saturated rings. The van der Waals surface area contributed by atoms with Crippen LogP contribution in [0.2, 0.25) is 0 Å². The van der Waals surface area contributed by atoms with Crippen LogP contribution in [0.15, 0.2) is 42.5 Å². The molecule has 0 amide bonds. The van der Waals surface area contributed by atoms with Crippen molar-refractivity contribution in [2.45, 2.75) is 6.10 Å². The van der Waals surface area contributed by atoms with Crippen molar-refractivity contribution >= 4 is 28.3 Å². The van der Waals surface area contributed by atoms with Gasteiger partial charge in [0.15, 0.2) is 0 Å². The quantitative estimate of drug-likeness (QED) is 0.799. The van der Waals surface area contributed by atoms with Crippen molar-refractivity contribution in [3.8, 4) is 0 Å². The van der Waals surface area contributed by atoms with Gasteiger partial charge in [-0.25, -0.2) is 8.78 Å². The fraction of sp³-hybridized carbons (Fsp3) is 0.143. The Morgan fingerprint density at radius 3 is 2.53 bits per heavy atom. The molecule has 1 unspecified atom stereocenters. The molecule has 0 spiro atoms. The highest BCUT2D eigenvalue weighted by Gasteiger charge is 2.09. The van der Waals surface area contributed by atoms with Crippen LogP contribution in [0.3, 0.4) is 0 Å². The van der Waals surface area contributed by atoms with Crippen LogP contribution in [0.1, 0.15) is 11.7 Å². The van der Waals surface area contributed by atoms with Gasteiger partial charge in [0.25, 0.3) is 0 Å². The first-order chi connectivity index (χ1) is 9.06. The fourth-order valence-electron chi connectivity index (χ4n) is 1.67. The van der Waals surface area contributed by atoms with Crippen LogP contribution in [-0.4, -0.2) is 11.7 Å². The van der Waals surface area contributed by atoms with Crippen molar-refractivity contribution in [3.05, 3.63) is 63.2 Å². The molecule has 0 aliphatic heterocycles. The maximum Gasteiger partial charge on any atom is 0.124 e. The number of hydrogen-bond acceptors (Lipinski definition) is 2. The summed E-state index contributed by atoms with van der Waals surface area (Å²) in [6.45, 7) is 0.227. The van der Waals surface area contributed by atoms with Gasteiger partial charge < -0.3 is 10.4 Å². The van der Waals surface area contributed by atoms with E-state index in [1.165, 1.54) is 24.3 Å². The van der Waals surface area contributed by atoms with Gasteiger partial charge in [0.05, 0.1) is 6.10 Å². The number of rotatable bonds is 4. The first kappa shape index (κ1) is 14.2. The SMILES string of the molecule is OC(CNc1ccc(F)cc1I)c1cccc(F)c1. The number of halogens is 3. The lowest BCUT2D eigenvalue weighted by Gasteiger charge is -2.14. The van der Waals surface area contributed by atoms with E-state index < -0.39 is 6.10 Å². The lowest BCUT2D eigenvalue weighted by atomic mass is 10.1. The molecule has 0 saturated heterocycles. The summed E-state index contributed by atoms with van der Waals surface area (Å²) in [5, 5.41) is 13.0. The summed E-state index contributed by atoms with van der Waals surface area (Å²) in [6, 6.07) is 10.2. The second kappa shape index (κ2) is 6.29. The summed E-state index contributed by atoms with van der Waals surface area (Å²) in [4.78, 5) is 0. The minimum atomic E-state index is -0.823. The monoisotopic (exact) mass is 375 g/mol. The Bertz CT molecular complexity index is 577. The topological polar surface area (TPSA) is 32.3 Å². The van der Waals surface area contributed by atoms with E-state index in [1.54, 1.807) is 18.2 Å². The minimum Gasteiger partial charge on any atom is -0.387 e. The largest absolute Gasteiger partial charge is 0.387 e. The predicted octanol–water partition coefficient (Wildman–Crippen LogP) is 3.71. The first-order valence-electron chi connectivity index (χ1n) is 5.69. The molecule has 5 heteroatoms. The van der Waals surface area contributed by atoms with E-state index in [0.29, 0.717) is 5.56 Å². The predicted molar refractivity (Wildman–Crippen MR) is 79.0 cm³/mol. The van der Waals surface area contributed by atoms with Crippen LogP contribution in [0, 0.1) is 15.2 Å². The summed E-state index contributed by atoms with van der Waals surface area (Å²) in [5.41, 5.74) is 1.24. The summed E-state index contributed by atoms with van der Waals surface area (Å²) in [7, 11) is 0. The van der Waals surface area contributed by atoms with Crippen molar-refractivity contribution in [1.29, 1.82) is 0 Å². The molecule has 0 heterocycles. The maximum atomic E-state index is 13.0. The summed E-state index contributed by atoms with van der Waals surface area (Å²) in [6.07, 6.45) is -0.823. The smallest absolute Gasteiger partial charge is 0.124 e. The molecule has 1 atom stereocenters. The Balaban J connectivity index is 2.02. The average molecular weight is 375 g/mol. The van der Waals surface area contributed by atoms with Crippen molar-refractivity contribution in [1.82, 2.24) is 0 Å². The fourth-order valence-corrected chi connectivity index (χ4v) is 2.34. The molecule has 2 nitrogen and oxygen atoms in total. The summed E-state index contributed by atoms with van der Waals surface area (Å²) >= 11 is 2.01. The van der Waals surface area contributed by atoms with E-state index in [1.807, 2.05) is 22.6 Å². The zero-order valence-electron chi connectivity index (χ0n) is 9.91. The molecular weight excluding hydrogens is 363 g/mol. The van der Waals surface area contributed by atoms with Gasteiger partial charge in [0.2, 0.25) is 0 Å². The Labute approximate surface area is 123 Å². The van der Waals surface area contributed by atoms with E-state index in [-0.39, 0.29) is 18.2 Å². The number of hydrogen-bond donors (Lipinski definition) is 2. The molecular formula is C14H12F2INO. The zero-order valence-corrected chi connectivity index (χ0v) is 12.1. The molecule has 19 heavy (non-hydrogen) atoms. The van der Waals surface area contributed by atoms with Gasteiger partial charge in [-0.05, 0) is 58.5 Å². The summed E-state index contributed by atoms with van der Waals surface area (Å²) in [5.74, 6) is -0.687. The number of aliphatic hydroxyl groups excluding tert-OH is 1. The van der Waals surface area contributed by atoms with E-state index >= 15 is 0 Å². The second-order valence-electron chi connectivity index (χ2n) is 4.08. The summed E-state index contributed by atoms with van der Waals surface area (Å²) < 4.78 is 26.7. The number of aliphatic hydroxyl groups is 1. The molecule has 0 bridgehead atoms. The third kappa shape index (κ3) is 3.87.